The van der Waals surface area contributed by atoms with Crippen LogP contribution in [0.5, 0.6) is 5.75 Å². The smallest absolute Gasteiger partial charge is 0.338 e. The van der Waals surface area contributed by atoms with E-state index in [-0.39, 0.29) is 18.4 Å². The van der Waals surface area contributed by atoms with Gasteiger partial charge < -0.3 is 19.3 Å². The maximum absolute atomic E-state index is 12.3. The summed E-state index contributed by atoms with van der Waals surface area (Å²) in [5, 5.41) is 1.87. The van der Waals surface area contributed by atoms with Crippen molar-refractivity contribution >= 4 is 29.1 Å². The van der Waals surface area contributed by atoms with Crippen LogP contribution in [0.15, 0.2) is 41.8 Å². The number of benzene rings is 1. The Bertz CT molecular complexity index is 812. The van der Waals surface area contributed by atoms with Crippen LogP contribution in [0, 0.1) is 0 Å². The molecule has 1 aliphatic rings. The molecule has 1 saturated heterocycles. The van der Waals surface area contributed by atoms with Crippen molar-refractivity contribution in [1.29, 1.82) is 0 Å². The van der Waals surface area contributed by atoms with E-state index in [9.17, 15) is 14.4 Å². The molecule has 2 aromatic rings. The Kier molecular flexibility index (Phi) is 6.65. The van der Waals surface area contributed by atoms with Crippen molar-refractivity contribution < 1.29 is 23.9 Å². The monoisotopic (exact) mass is 402 g/mol. The molecular formula is C20H22N2O5S. The molecule has 2 heterocycles. The third-order valence-electron chi connectivity index (χ3n) is 4.38. The summed E-state index contributed by atoms with van der Waals surface area (Å²) >= 11 is 1.41. The van der Waals surface area contributed by atoms with E-state index in [1.165, 1.54) is 11.3 Å². The molecule has 0 radical (unpaired) electrons. The third-order valence-corrected chi connectivity index (χ3v) is 5.24. The van der Waals surface area contributed by atoms with E-state index in [1.54, 1.807) is 40.1 Å². The number of hydrogen-bond acceptors (Lipinski definition) is 6. The standard InChI is InChI=1S/C20H22N2O5S/c1-2-26-16-7-5-15(6-8-16)20(25)27-14-18(23)21-9-11-22(12-10-21)19(24)17-4-3-13-28-17/h3-8,13H,2,9-12,14H2,1H3. The molecule has 0 atom stereocenters. The first kappa shape index (κ1) is 19.9. The van der Waals surface area contributed by atoms with E-state index in [0.29, 0.717) is 49.0 Å². The minimum atomic E-state index is -0.553. The summed E-state index contributed by atoms with van der Waals surface area (Å²) in [6.07, 6.45) is 0. The summed E-state index contributed by atoms with van der Waals surface area (Å²) in [5.41, 5.74) is 0.364. The van der Waals surface area contributed by atoms with Crippen molar-refractivity contribution in [3.8, 4) is 5.75 Å². The van der Waals surface area contributed by atoms with Gasteiger partial charge in [0.25, 0.3) is 11.8 Å². The fourth-order valence-electron chi connectivity index (χ4n) is 2.87. The van der Waals surface area contributed by atoms with Gasteiger partial charge in [-0.15, -0.1) is 11.3 Å². The van der Waals surface area contributed by atoms with Crippen LogP contribution in [0.1, 0.15) is 27.0 Å². The molecule has 1 aromatic heterocycles. The minimum absolute atomic E-state index is 0.0102. The quantitative estimate of drug-likeness (QED) is 0.693. The summed E-state index contributed by atoms with van der Waals surface area (Å²) in [6.45, 7) is 3.90. The summed E-state index contributed by atoms with van der Waals surface area (Å²) in [7, 11) is 0. The molecule has 0 bridgehead atoms. The van der Waals surface area contributed by atoms with E-state index in [1.807, 2.05) is 18.4 Å². The predicted octanol–water partition coefficient (Wildman–Crippen LogP) is 2.29. The second-order valence-corrected chi connectivity index (χ2v) is 7.13. The Balaban J connectivity index is 1.44. The van der Waals surface area contributed by atoms with E-state index in [0.717, 1.165) is 0 Å². The Morgan fingerprint density at radius 2 is 1.68 bits per heavy atom. The molecule has 3 rings (SSSR count). The number of esters is 1. The van der Waals surface area contributed by atoms with Crippen LogP contribution < -0.4 is 4.74 Å². The van der Waals surface area contributed by atoms with Gasteiger partial charge in [0.2, 0.25) is 0 Å². The number of amides is 2. The van der Waals surface area contributed by atoms with Crippen molar-refractivity contribution in [2.45, 2.75) is 6.92 Å². The zero-order valence-corrected chi connectivity index (χ0v) is 16.4. The lowest BCUT2D eigenvalue weighted by atomic mass is 10.2. The Morgan fingerprint density at radius 3 is 2.29 bits per heavy atom. The van der Waals surface area contributed by atoms with Gasteiger partial charge >= 0.3 is 5.97 Å². The number of piperazine rings is 1. The number of thiophene rings is 1. The van der Waals surface area contributed by atoms with Gasteiger partial charge in [-0.25, -0.2) is 4.79 Å². The van der Waals surface area contributed by atoms with Crippen molar-refractivity contribution in [3.63, 3.8) is 0 Å². The van der Waals surface area contributed by atoms with Crippen molar-refractivity contribution in [1.82, 2.24) is 9.80 Å². The normalized spacial score (nSPS) is 13.9. The number of hydrogen-bond donors (Lipinski definition) is 0. The average molecular weight is 402 g/mol. The highest BCUT2D eigenvalue weighted by molar-refractivity contribution is 7.12. The fourth-order valence-corrected chi connectivity index (χ4v) is 3.56. The van der Waals surface area contributed by atoms with Gasteiger partial charge in [-0.05, 0) is 42.6 Å². The molecular weight excluding hydrogens is 380 g/mol. The fraction of sp³-hybridized carbons (Fsp3) is 0.350. The van der Waals surface area contributed by atoms with E-state index >= 15 is 0 Å². The lowest BCUT2D eigenvalue weighted by molar-refractivity contribution is -0.136. The van der Waals surface area contributed by atoms with Gasteiger partial charge in [0.1, 0.15) is 5.75 Å². The largest absolute Gasteiger partial charge is 0.494 e. The second kappa shape index (κ2) is 9.36. The molecule has 2 amide bonds. The topological polar surface area (TPSA) is 76.2 Å². The number of rotatable bonds is 6. The molecule has 8 heteroatoms. The summed E-state index contributed by atoms with van der Waals surface area (Å²) in [6, 6.07) is 10.2. The zero-order valence-electron chi connectivity index (χ0n) is 15.6. The van der Waals surface area contributed by atoms with E-state index in [4.69, 9.17) is 9.47 Å². The molecule has 0 spiro atoms. The molecule has 148 valence electrons. The van der Waals surface area contributed by atoms with Crippen LogP contribution in [-0.2, 0) is 9.53 Å². The zero-order chi connectivity index (χ0) is 19.9. The number of carbonyl (C=O) groups is 3. The van der Waals surface area contributed by atoms with Crippen molar-refractivity contribution in [2.24, 2.45) is 0 Å². The van der Waals surface area contributed by atoms with Gasteiger partial charge in [-0.3, -0.25) is 9.59 Å². The second-order valence-electron chi connectivity index (χ2n) is 6.18. The summed E-state index contributed by atoms with van der Waals surface area (Å²) < 4.78 is 10.5. The molecule has 1 fully saturated rings. The Labute approximate surface area is 167 Å². The molecule has 28 heavy (non-hydrogen) atoms. The predicted molar refractivity (Wildman–Crippen MR) is 105 cm³/mol. The van der Waals surface area contributed by atoms with E-state index in [2.05, 4.69) is 0 Å². The number of ether oxygens (including phenoxy) is 2. The van der Waals surface area contributed by atoms with Crippen LogP contribution in [0.4, 0.5) is 0 Å². The number of nitrogens with zero attached hydrogens (tertiary/aromatic N) is 2. The SMILES string of the molecule is CCOc1ccc(C(=O)OCC(=O)N2CCN(C(=O)c3cccs3)CC2)cc1. The lowest BCUT2D eigenvalue weighted by Crippen LogP contribution is -2.51. The molecule has 0 unspecified atom stereocenters. The average Bonchev–Trinajstić information content (AvgIpc) is 3.27. The van der Waals surface area contributed by atoms with Crippen LogP contribution in [0.25, 0.3) is 0 Å². The molecule has 0 aliphatic carbocycles. The highest BCUT2D eigenvalue weighted by atomic mass is 32.1. The van der Waals surface area contributed by atoms with E-state index < -0.39 is 5.97 Å². The minimum Gasteiger partial charge on any atom is -0.494 e. The highest BCUT2D eigenvalue weighted by Gasteiger charge is 2.25. The van der Waals surface area contributed by atoms with Crippen LogP contribution in [0.3, 0.4) is 0 Å². The Hall–Kier alpha value is -2.87. The van der Waals surface area contributed by atoms with Gasteiger partial charge in [0.05, 0.1) is 17.0 Å². The molecule has 0 N–H and O–H groups in total. The number of carbonyl (C=O) groups excluding carboxylic acids is 3. The first-order chi connectivity index (χ1) is 13.6. The maximum Gasteiger partial charge on any atom is 0.338 e. The van der Waals surface area contributed by atoms with Gasteiger partial charge in [0.15, 0.2) is 6.61 Å². The first-order valence-corrected chi connectivity index (χ1v) is 9.97. The molecule has 1 aromatic carbocycles. The van der Waals surface area contributed by atoms with Crippen LogP contribution >= 0.6 is 11.3 Å². The van der Waals surface area contributed by atoms with Crippen molar-refractivity contribution in [2.75, 3.05) is 39.4 Å². The third kappa shape index (κ3) is 4.89. The van der Waals surface area contributed by atoms with Crippen molar-refractivity contribution in [3.05, 3.63) is 52.2 Å². The van der Waals surface area contributed by atoms with Gasteiger partial charge in [0, 0.05) is 26.2 Å². The first-order valence-electron chi connectivity index (χ1n) is 9.09. The molecule has 0 saturated carbocycles. The summed E-state index contributed by atoms with van der Waals surface area (Å²) in [5.74, 6) is -0.153. The highest BCUT2D eigenvalue weighted by Crippen LogP contribution is 2.15. The summed E-state index contributed by atoms with van der Waals surface area (Å²) in [4.78, 5) is 40.8. The maximum atomic E-state index is 12.3. The van der Waals surface area contributed by atoms with Gasteiger partial charge in [-0.2, -0.15) is 0 Å². The lowest BCUT2D eigenvalue weighted by Gasteiger charge is -2.34. The molecule has 7 nitrogen and oxygen atoms in total. The molecule has 1 aliphatic heterocycles. The van der Waals surface area contributed by atoms with Gasteiger partial charge in [-0.1, -0.05) is 6.07 Å². The van der Waals surface area contributed by atoms with Crippen LogP contribution in [-0.4, -0.2) is 67.0 Å². The Morgan fingerprint density at radius 1 is 1.00 bits per heavy atom. The van der Waals surface area contributed by atoms with Crippen LogP contribution in [0.2, 0.25) is 0 Å².